The summed E-state index contributed by atoms with van der Waals surface area (Å²) >= 11 is 0. The largest absolute Gasteiger partial charge is 0.459 e. The second-order valence-corrected chi connectivity index (χ2v) is 2.70. The summed E-state index contributed by atoms with van der Waals surface area (Å²) in [5.74, 6) is -1.78. The van der Waals surface area contributed by atoms with Gasteiger partial charge >= 0.3 is 5.97 Å². The number of hydrogen-bond donors (Lipinski definition) is 0. The number of carbonyl (C=O) groups excluding carboxylic acids is 3. The third-order valence-electron chi connectivity index (χ3n) is 1.26. The normalized spacial score (nSPS) is 9.08. The molecule has 0 radical (unpaired) electrons. The van der Waals surface area contributed by atoms with Crippen LogP contribution in [0.15, 0.2) is 12.2 Å². The first-order valence-electron chi connectivity index (χ1n) is 3.81. The Morgan fingerprint density at radius 3 is 2.15 bits per heavy atom. The van der Waals surface area contributed by atoms with E-state index in [-0.39, 0.29) is 24.4 Å². The van der Waals surface area contributed by atoms with Crippen molar-refractivity contribution in [3.63, 3.8) is 0 Å². The van der Waals surface area contributed by atoms with Gasteiger partial charge in [-0.1, -0.05) is 6.58 Å². The molecule has 0 aromatic heterocycles. The van der Waals surface area contributed by atoms with E-state index in [4.69, 9.17) is 0 Å². The van der Waals surface area contributed by atoms with Gasteiger partial charge in [-0.2, -0.15) is 0 Å². The fourth-order valence-electron chi connectivity index (χ4n) is 0.527. The van der Waals surface area contributed by atoms with E-state index in [1.807, 2.05) is 0 Å². The maximum Gasteiger partial charge on any atom is 0.379 e. The van der Waals surface area contributed by atoms with Gasteiger partial charge in [0.15, 0.2) is 0 Å². The smallest absolute Gasteiger partial charge is 0.379 e. The highest BCUT2D eigenvalue weighted by molar-refractivity contribution is 6.40. The van der Waals surface area contributed by atoms with E-state index in [2.05, 4.69) is 11.3 Å². The maximum absolute atomic E-state index is 10.9. The topological polar surface area (TPSA) is 60.4 Å². The van der Waals surface area contributed by atoms with E-state index >= 15 is 0 Å². The average Bonchev–Trinajstić information content (AvgIpc) is 2.02. The van der Waals surface area contributed by atoms with Crippen LogP contribution in [0.25, 0.3) is 0 Å². The summed E-state index contributed by atoms with van der Waals surface area (Å²) in [6, 6.07) is 0. The van der Waals surface area contributed by atoms with Crippen molar-refractivity contribution >= 4 is 17.5 Å². The molecule has 0 aromatic rings. The van der Waals surface area contributed by atoms with E-state index in [1.165, 1.54) is 13.8 Å². The van der Waals surface area contributed by atoms with Crippen LogP contribution in [0, 0.1) is 0 Å². The lowest BCUT2D eigenvalue weighted by atomic mass is 10.2. The Balaban J connectivity index is 3.82. The Morgan fingerprint density at radius 1 is 1.23 bits per heavy atom. The SMILES string of the molecule is C=C(C)C(=O)C(=O)OCCC(C)=O. The quantitative estimate of drug-likeness (QED) is 0.357. The predicted molar refractivity (Wildman–Crippen MR) is 46.1 cm³/mol. The van der Waals surface area contributed by atoms with Gasteiger partial charge in [-0.25, -0.2) is 4.79 Å². The number of rotatable bonds is 5. The van der Waals surface area contributed by atoms with Gasteiger partial charge in [0, 0.05) is 6.42 Å². The first-order chi connectivity index (χ1) is 5.95. The molecule has 13 heavy (non-hydrogen) atoms. The highest BCUT2D eigenvalue weighted by atomic mass is 16.5. The molecule has 0 atom stereocenters. The summed E-state index contributed by atoms with van der Waals surface area (Å²) in [5.41, 5.74) is 0.132. The van der Waals surface area contributed by atoms with Gasteiger partial charge in [-0.15, -0.1) is 0 Å². The standard InChI is InChI=1S/C9H12O4/c1-6(2)8(11)9(12)13-5-4-7(3)10/h1,4-5H2,2-3H3. The van der Waals surface area contributed by atoms with Gasteiger partial charge in [-0.05, 0) is 19.4 Å². The second-order valence-electron chi connectivity index (χ2n) is 2.70. The predicted octanol–water partition coefficient (Wildman–Crippen LogP) is 0.654. The third-order valence-corrected chi connectivity index (χ3v) is 1.26. The summed E-state index contributed by atoms with van der Waals surface area (Å²) < 4.78 is 4.51. The minimum atomic E-state index is -0.950. The van der Waals surface area contributed by atoms with Gasteiger partial charge in [0.25, 0.3) is 5.78 Å². The summed E-state index contributed by atoms with van der Waals surface area (Å²) in [6.45, 7) is 6.06. The zero-order valence-corrected chi connectivity index (χ0v) is 7.75. The van der Waals surface area contributed by atoms with Crippen LogP contribution in [0.2, 0.25) is 0 Å². The fourth-order valence-corrected chi connectivity index (χ4v) is 0.527. The van der Waals surface area contributed by atoms with E-state index in [9.17, 15) is 14.4 Å². The highest BCUT2D eigenvalue weighted by Gasteiger charge is 2.15. The molecule has 0 heterocycles. The Labute approximate surface area is 76.6 Å². The summed E-state index contributed by atoms with van der Waals surface area (Å²) in [6.07, 6.45) is 0.134. The molecule has 72 valence electrons. The van der Waals surface area contributed by atoms with Gasteiger partial charge in [0.1, 0.15) is 5.78 Å². The molecule has 0 saturated heterocycles. The Hall–Kier alpha value is -1.45. The van der Waals surface area contributed by atoms with Crippen LogP contribution in [0.5, 0.6) is 0 Å². The molecule has 0 amide bonds. The molecule has 0 aliphatic heterocycles. The maximum atomic E-state index is 10.9. The van der Waals surface area contributed by atoms with Crippen molar-refractivity contribution in [1.82, 2.24) is 0 Å². The Bertz CT molecular complexity index is 252. The van der Waals surface area contributed by atoms with Crippen molar-refractivity contribution in [3.05, 3.63) is 12.2 Å². The molecule has 0 unspecified atom stereocenters. The minimum absolute atomic E-state index is 0.0484. The molecule has 0 bridgehead atoms. The van der Waals surface area contributed by atoms with Gasteiger partial charge < -0.3 is 4.74 Å². The summed E-state index contributed by atoms with van der Waals surface area (Å²) in [7, 11) is 0. The van der Waals surface area contributed by atoms with Gasteiger partial charge in [0.05, 0.1) is 6.61 Å². The lowest BCUT2D eigenvalue weighted by molar-refractivity contribution is -0.152. The van der Waals surface area contributed by atoms with E-state index in [0.717, 1.165) is 0 Å². The molecule has 0 rings (SSSR count). The third kappa shape index (κ3) is 4.90. The zero-order chi connectivity index (χ0) is 10.4. The van der Waals surface area contributed by atoms with E-state index in [1.54, 1.807) is 0 Å². The van der Waals surface area contributed by atoms with Crippen molar-refractivity contribution in [3.8, 4) is 0 Å². The van der Waals surface area contributed by atoms with Crippen molar-refractivity contribution in [2.45, 2.75) is 20.3 Å². The molecule has 0 saturated carbocycles. The number of carbonyl (C=O) groups is 3. The number of ketones is 2. The number of ether oxygens (including phenoxy) is 1. The van der Waals surface area contributed by atoms with Crippen molar-refractivity contribution in [1.29, 1.82) is 0 Å². The molecule has 4 nitrogen and oxygen atoms in total. The Morgan fingerprint density at radius 2 is 1.77 bits per heavy atom. The van der Waals surface area contributed by atoms with Crippen LogP contribution in [-0.4, -0.2) is 24.1 Å². The average molecular weight is 184 g/mol. The first-order valence-corrected chi connectivity index (χ1v) is 3.81. The summed E-state index contributed by atoms with van der Waals surface area (Å²) in [5, 5.41) is 0. The molecule has 4 heteroatoms. The van der Waals surface area contributed by atoms with Gasteiger partial charge in [0.2, 0.25) is 0 Å². The highest BCUT2D eigenvalue weighted by Crippen LogP contribution is 1.94. The van der Waals surface area contributed by atoms with Crippen LogP contribution in [-0.2, 0) is 19.1 Å². The van der Waals surface area contributed by atoms with Crippen LogP contribution < -0.4 is 0 Å². The molecule has 0 aliphatic carbocycles. The molecule has 0 aliphatic rings. The monoisotopic (exact) mass is 184 g/mol. The first kappa shape index (κ1) is 11.6. The molecule has 0 spiro atoms. The summed E-state index contributed by atoms with van der Waals surface area (Å²) in [4.78, 5) is 32.1. The number of hydrogen-bond acceptors (Lipinski definition) is 4. The fraction of sp³-hybridized carbons (Fsp3) is 0.444. The van der Waals surface area contributed by atoms with E-state index < -0.39 is 11.8 Å². The van der Waals surface area contributed by atoms with Gasteiger partial charge in [-0.3, -0.25) is 9.59 Å². The van der Waals surface area contributed by atoms with Crippen molar-refractivity contribution in [2.75, 3.05) is 6.61 Å². The number of Topliss-reactive ketones (excluding diaryl/α,β-unsaturated/α-hetero) is 2. The molecule has 0 fully saturated rings. The Kier molecular flexibility index (Phi) is 4.66. The molecular weight excluding hydrogens is 172 g/mol. The zero-order valence-electron chi connectivity index (χ0n) is 7.75. The molecule has 0 N–H and O–H groups in total. The minimum Gasteiger partial charge on any atom is -0.459 e. The molecule has 0 aromatic carbocycles. The van der Waals surface area contributed by atoms with E-state index in [0.29, 0.717) is 0 Å². The second kappa shape index (κ2) is 5.24. The molecular formula is C9H12O4. The lowest BCUT2D eigenvalue weighted by Gasteiger charge is -2.01. The van der Waals surface area contributed by atoms with Crippen LogP contribution in [0.1, 0.15) is 20.3 Å². The lowest BCUT2D eigenvalue weighted by Crippen LogP contribution is -2.19. The van der Waals surface area contributed by atoms with Crippen molar-refractivity contribution < 1.29 is 19.1 Å². The van der Waals surface area contributed by atoms with Crippen LogP contribution in [0.4, 0.5) is 0 Å². The number of esters is 1. The van der Waals surface area contributed by atoms with Crippen LogP contribution >= 0.6 is 0 Å². The van der Waals surface area contributed by atoms with Crippen LogP contribution in [0.3, 0.4) is 0 Å². The van der Waals surface area contributed by atoms with Crippen molar-refractivity contribution in [2.24, 2.45) is 0 Å².